The van der Waals surface area contributed by atoms with E-state index in [9.17, 15) is 9.90 Å². The summed E-state index contributed by atoms with van der Waals surface area (Å²) >= 11 is 0. The van der Waals surface area contributed by atoms with Crippen molar-refractivity contribution in [2.75, 3.05) is 11.4 Å². The summed E-state index contributed by atoms with van der Waals surface area (Å²) < 4.78 is 0. The van der Waals surface area contributed by atoms with Crippen LogP contribution in [0.4, 0.5) is 5.95 Å². The van der Waals surface area contributed by atoms with E-state index in [1.165, 1.54) is 4.90 Å². The van der Waals surface area contributed by atoms with Crippen molar-refractivity contribution >= 4 is 11.9 Å². The number of carboxylic acid groups (broad SMARTS) is 1. The summed E-state index contributed by atoms with van der Waals surface area (Å²) in [6, 6.07) is 0.925. The Bertz CT molecular complexity index is 357. The number of nitrogens with zero attached hydrogens (tertiary/aromatic N) is 3. The lowest BCUT2D eigenvalue weighted by atomic mass is 10.2. The lowest BCUT2D eigenvalue weighted by molar-refractivity contribution is -0.138. The fraction of sp³-hybridized carbons (Fsp3) is 0.444. The molecule has 80 valence electrons. The highest BCUT2D eigenvalue weighted by molar-refractivity contribution is 5.78. The number of rotatable bonds is 2. The number of aromatic nitrogens is 2. The molecule has 0 saturated carbocycles. The first-order chi connectivity index (χ1) is 7.18. The van der Waals surface area contributed by atoms with Gasteiger partial charge in [0.1, 0.15) is 6.04 Å². The quantitative estimate of drug-likeness (QED) is 0.683. The molecule has 2 heterocycles. The average Bonchev–Trinajstić information content (AvgIpc) is 2.62. The van der Waals surface area contributed by atoms with Gasteiger partial charge in [-0.15, -0.1) is 0 Å². The van der Waals surface area contributed by atoms with Crippen LogP contribution in [0.3, 0.4) is 0 Å². The van der Waals surface area contributed by atoms with Gasteiger partial charge in [-0.25, -0.2) is 14.8 Å². The van der Waals surface area contributed by atoms with Gasteiger partial charge in [0.15, 0.2) is 0 Å². The Balaban J connectivity index is 2.24. The molecule has 2 atom stereocenters. The Morgan fingerprint density at radius 2 is 2.13 bits per heavy atom. The molecule has 6 nitrogen and oxygen atoms in total. The number of aliphatic hydroxyl groups excluding tert-OH is 1. The predicted octanol–water partition coefficient (Wildman–Crippen LogP) is -0.499. The molecule has 2 rings (SSSR count). The lowest BCUT2D eigenvalue weighted by Crippen LogP contribution is -2.37. The summed E-state index contributed by atoms with van der Waals surface area (Å²) in [5.74, 6) is -0.611. The van der Waals surface area contributed by atoms with E-state index < -0.39 is 18.1 Å². The minimum absolute atomic E-state index is 0.216. The molecule has 0 aliphatic carbocycles. The second kappa shape index (κ2) is 3.82. The Morgan fingerprint density at radius 3 is 2.73 bits per heavy atom. The molecular weight excluding hydrogens is 198 g/mol. The largest absolute Gasteiger partial charge is 0.480 e. The van der Waals surface area contributed by atoms with Gasteiger partial charge in [0.05, 0.1) is 6.10 Å². The van der Waals surface area contributed by atoms with Gasteiger partial charge in [-0.3, -0.25) is 0 Å². The zero-order chi connectivity index (χ0) is 10.8. The highest BCUT2D eigenvalue weighted by Crippen LogP contribution is 2.22. The van der Waals surface area contributed by atoms with E-state index >= 15 is 0 Å². The number of hydrogen-bond acceptors (Lipinski definition) is 5. The van der Waals surface area contributed by atoms with Crippen molar-refractivity contribution in [3.05, 3.63) is 18.5 Å². The predicted molar refractivity (Wildman–Crippen MR) is 51.4 cm³/mol. The Labute approximate surface area is 86.2 Å². The third-order valence-electron chi connectivity index (χ3n) is 2.37. The van der Waals surface area contributed by atoms with Gasteiger partial charge >= 0.3 is 5.97 Å². The first kappa shape index (κ1) is 9.85. The van der Waals surface area contributed by atoms with Crippen molar-refractivity contribution < 1.29 is 15.0 Å². The molecular formula is C9H11N3O3. The molecule has 0 amide bonds. The Morgan fingerprint density at radius 1 is 1.47 bits per heavy atom. The average molecular weight is 209 g/mol. The molecule has 1 aromatic heterocycles. The zero-order valence-electron chi connectivity index (χ0n) is 7.95. The molecule has 1 saturated heterocycles. The van der Waals surface area contributed by atoms with Crippen LogP contribution in [0.15, 0.2) is 18.5 Å². The van der Waals surface area contributed by atoms with Gasteiger partial charge in [0.2, 0.25) is 5.95 Å². The standard InChI is InChI=1S/C9H11N3O3/c13-6-4-7(8(14)15)12(5-6)9-10-2-1-3-11-9/h1-3,6-7,13H,4-5H2,(H,14,15). The van der Waals surface area contributed by atoms with Gasteiger partial charge in [0.25, 0.3) is 0 Å². The van der Waals surface area contributed by atoms with E-state index in [-0.39, 0.29) is 13.0 Å². The third-order valence-corrected chi connectivity index (χ3v) is 2.37. The van der Waals surface area contributed by atoms with E-state index in [4.69, 9.17) is 5.11 Å². The van der Waals surface area contributed by atoms with Crippen LogP contribution in [-0.4, -0.2) is 44.8 Å². The van der Waals surface area contributed by atoms with Gasteiger partial charge in [-0.1, -0.05) is 0 Å². The van der Waals surface area contributed by atoms with Crippen LogP contribution < -0.4 is 4.90 Å². The van der Waals surface area contributed by atoms with Crippen molar-refractivity contribution in [3.63, 3.8) is 0 Å². The van der Waals surface area contributed by atoms with Gasteiger partial charge in [-0.2, -0.15) is 0 Å². The van der Waals surface area contributed by atoms with Crippen LogP contribution in [0.25, 0.3) is 0 Å². The fourth-order valence-electron chi connectivity index (χ4n) is 1.71. The highest BCUT2D eigenvalue weighted by atomic mass is 16.4. The number of hydrogen-bond donors (Lipinski definition) is 2. The van der Waals surface area contributed by atoms with Crippen LogP contribution >= 0.6 is 0 Å². The second-order valence-corrected chi connectivity index (χ2v) is 3.44. The summed E-state index contributed by atoms with van der Waals surface area (Å²) in [6.07, 6.45) is 2.68. The first-order valence-corrected chi connectivity index (χ1v) is 4.63. The normalized spacial score (nSPS) is 25.5. The molecule has 2 N–H and O–H groups in total. The van der Waals surface area contributed by atoms with E-state index in [1.807, 2.05) is 0 Å². The van der Waals surface area contributed by atoms with Crippen molar-refractivity contribution in [2.24, 2.45) is 0 Å². The van der Waals surface area contributed by atoms with Crippen molar-refractivity contribution in [1.82, 2.24) is 9.97 Å². The van der Waals surface area contributed by atoms with E-state index in [0.717, 1.165) is 0 Å². The SMILES string of the molecule is O=C(O)C1CC(O)CN1c1ncccn1. The molecule has 6 heteroatoms. The van der Waals surface area contributed by atoms with Crippen molar-refractivity contribution in [1.29, 1.82) is 0 Å². The summed E-state index contributed by atoms with van der Waals surface area (Å²) in [5.41, 5.74) is 0. The van der Waals surface area contributed by atoms with E-state index in [2.05, 4.69) is 9.97 Å². The summed E-state index contributed by atoms with van der Waals surface area (Å²) in [7, 11) is 0. The number of aliphatic hydroxyl groups is 1. The maximum atomic E-state index is 10.9. The van der Waals surface area contributed by atoms with Gasteiger partial charge in [-0.05, 0) is 6.07 Å². The Kier molecular flexibility index (Phi) is 2.51. The maximum absolute atomic E-state index is 10.9. The third kappa shape index (κ3) is 1.89. The number of anilines is 1. The minimum Gasteiger partial charge on any atom is -0.480 e. The lowest BCUT2D eigenvalue weighted by Gasteiger charge is -2.20. The number of carboxylic acids is 1. The van der Waals surface area contributed by atoms with Crippen LogP contribution in [0.5, 0.6) is 0 Å². The van der Waals surface area contributed by atoms with Crippen LogP contribution in [0.1, 0.15) is 6.42 Å². The molecule has 2 unspecified atom stereocenters. The summed E-state index contributed by atoms with van der Waals surface area (Å²) in [6.45, 7) is 0.265. The zero-order valence-corrected chi connectivity index (χ0v) is 7.95. The molecule has 0 bridgehead atoms. The second-order valence-electron chi connectivity index (χ2n) is 3.44. The topological polar surface area (TPSA) is 86.5 Å². The van der Waals surface area contributed by atoms with Crippen molar-refractivity contribution in [2.45, 2.75) is 18.6 Å². The first-order valence-electron chi connectivity index (χ1n) is 4.63. The molecule has 1 aromatic rings. The monoisotopic (exact) mass is 209 g/mol. The molecule has 1 aliphatic rings. The molecule has 1 fully saturated rings. The molecule has 0 spiro atoms. The molecule has 0 radical (unpaired) electrons. The molecule has 0 aromatic carbocycles. The smallest absolute Gasteiger partial charge is 0.326 e. The number of aliphatic carboxylic acids is 1. The number of β-amino-alcohol motifs (C(OH)–C–C–N with tert-alkyl or cyclic N) is 1. The Hall–Kier alpha value is -1.69. The fourth-order valence-corrected chi connectivity index (χ4v) is 1.71. The van der Waals surface area contributed by atoms with E-state index in [0.29, 0.717) is 5.95 Å². The van der Waals surface area contributed by atoms with Crippen LogP contribution in [0, 0.1) is 0 Å². The highest BCUT2D eigenvalue weighted by Gasteiger charge is 2.37. The number of carbonyl (C=O) groups is 1. The minimum atomic E-state index is -0.959. The van der Waals surface area contributed by atoms with Crippen LogP contribution in [-0.2, 0) is 4.79 Å². The summed E-state index contributed by atoms with van der Waals surface area (Å²) in [4.78, 5) is 20.4. The summed E-state index contributed by atoms with van der Waals surface area (Å²) in [5, 5.41) is 18.4. The molecule has 15 heavy (non-hydrogen) atoms. The molecule has 1 aliphatic heterocycles. The van der Waals surface area contributed by atoms with Crippen molar-refractivity contribution in [3.8, 4) is 0 Å². The van der Waals surface area contributed by atoms with E-state index in [1.54, 1.807) is 18.5 Å². The van der Waals surface area contributed by atoms with Crippen LogP contribution in [0.2, 0.25) is 0 Å². The van der Waals surface area contributed by atoms with Gasteiger partial charge < -0.3 is 15.1 Å². The maximum Gasteiger partial charge on any atom is 0.326 e. The van der Waals surface area contributed by atoms with Gasteiger partial charge in [0, 0.05) is 25.4 Å².